The van der Waals surface area contributed by atoms with Crippen LogP contribution >= 0.6 is 0 Å². The van der Waals surface area contributed by atoms with E-state index in [1.54, 1.807) is 66.7 Å². The Morgan fingerprint density at radius 3 is 1.36 bits per heavy atom. The summed E-state index contributed by atoms with van der Waals surface area (Å²) < 4.78 is 0. The Kier molecular flexibility index (Phi) is 3.68. The predicted molar refractivity (Wildman–Crippen MR) is 83.9 cm³/mol. The second kappa shape index (κ2) is 5.79. The summed E-state index contributed by atoms with van der Waals surface area (Å²) in [7, 11) is 0. The largest absolute Gasteiger partial charge is 0.507 e. The molecule has 0 unspecified atom stereocenters. The molecule has 0 bridgehead atoms. The molecule has 0 amide bonds. The van der Waals surface area contributed by atoms with Crippen LogP contribution in [0.1, 0.15) is 0 Å². The molecule has 0 spiro atoms. The quantitative estimate of drug-likeness (QED) is 0.498. The van der Waals surface area contributed by atoms with E-state index in [2.05, 4.69) is 4.89 Å². The average Bonchev–Trinajstić information content (AvgIpc) is 2.55. The fraction of sp³-hybridized carbons (Fsp3) is 0. The van der Waals surface area contributed by atoms with E-state index in [0.29, 0.717) is 22.3 Å². The summed E-state index contributed by atoms with van der Waals surface area (Å²) in [4.78, 5) is 4.57. The molecule has 22 heavy (non-hydrogen) atoms. The summed E-state index contributed by atoms with van der Waals surface area (Å²) in [6, 6.07) is 18.8. The molecular formula is C18H14O4. The van der Waals surface area contributed by atoms with Crippen LogP contribution < -0.4 is 4.89 Å². The lowest BCUT2D eigenvalue weighted by Gasteiger charge is -2.13. The van der Waals surface area contributed by atoms with Gasteiger partial charge in [0.1, 0.15) is 11.5 Å². The van der Waals surface area contributed by atoms with Gasteiger partial charge in [-0.25, -0.2) is 5.26 Å². The van der Waals surface area contributed by atoms with E-state index < -0.39 is 0 Å². The van der Waals surface area contributed by atoms with Crippen molar-refractivity contribution < 1.29 is 20.4 Å². The third-order valence-electron chi connectivity index (χ3n) is 3.49. The molecule has 0 radical (unpaired) electrons. The first-order valence-electron chi connectivity index (χ1n) is 6.73. The third-order valence-corrected chi connectivity index (χ3v) is 3.49. The van der Waals surface area contributed by atoms with E-state index in [9.17, 15) is 15.5 Å². The van der Waals surface area contributed by atoms with Gasteiger partial charge in [-0.05, 0) is 12.1 Å². The number of hydrogen-bond acceptors (Lipinski definition) is 4. The van der Waals surface area contributed by atoms with E-state index in [1.807, 2.05) is 0 Å². The van der Waals surface area contributed by atoms with E-state index in [-0.39, 0.29) is 17.2 Å². The fourth-order valence-electron chi connectivity index (χ4n) is 2.46. The molecule has 0 aromatic heterocycles. The number of aromatic hydroxyl groups is 2. The lowest BCUT2D eigenvalue weighted by atomic mass is 9.96. The number of rotatable bonds is 3. The molecule has 0 fully saturated rings. The number of hydrogen-bond donors (Lipinski definition) is 3. The molecule has 0 aliphatic rings. The van der Waals surface area contributed by atoms with Crippen LogP contribution in [0.2, 0.25) is 0 Å². The Morgan fingerprint density at radius 1 is 0.545 bits per heavy atom. The molecule has 0 aliphatic carbocycles. The van der Waals surface area contributed by atoms with Crippen molar-refractivity contribution in [2.24, 2.45) is 0 Å². The van der Waals surface area contributed by atoms with Crippen molar-refractivity contribution in [2.75, 3.05) is 0 Å². The van der Waals surface area contributed by atoms with Crippen molar-refractivity contribution in [3.05, 3.63) is 66.7 Å². The highest BCUT2D eigenvalue weighted by Gasteiger charge is 2.17. The van der Waals surface area contributed by atoms with Crippen LogP contribution in [0.5, 0.6) is 17.2 Å². The van der Waals surface area contributed by atoms with Gasteiger partial charge >= 0.3 is 0 Å². The number of para-hydroxylation sites is 3. The monoisotopic (exact) mass is 294 g/mol. The maximum Gasteiger partial charge on any atom is 0.180 e. The van der Waals surface area contributed by atoms with Crippen LogP contribution in [-0.2, 0) is 0 Å². The van der Waals surface area contributed by atoms with Crippen LogP contribution in [0.15, 0.2) is 66.7 Å². The van der Waals surface area contributed by atoms with Crippen molar-refractivity contribution in [3.8, 4) is 39.5 Å². The highest BCUT2D eigenvalue weighted by molar-refractivity contribution is 5.86. The Hall–Kier alpha value is -2.98. The Balaban J connectivity index is 2.25. The molecule has 3 aromatic rings. The van der Waals surface area contributed by atoms with Gasteiger partial charge in [0.25, 0.3) is 0 Å². The van der Waals surface area contributed by atoms with Crippen molar-refractivity contribution in [1.29, 1.82) is 0 Å². The van der Waals surface area contributed by atoms with E-state index >= 15 is 0 Å². The second-order valence-corrected chi connectivity index (χ2v) is 4.81. The molecule has 0 heterocycles. The zero-order valence-electron chi connectivity index (χ0n) is 11.6. The molecule has 0 saturated heterocycles. The number of phenols is 2. The first-order chi connectivity index (χ1) is 10.7. The maximum atomic E-state index is 10.0. The van der Waals surface area contributed by atoms with Crippen LogP contribution in [0, 0.1) is 0 Å². The minimum atomic E-state index is 0.0789. The zero-order chi connectivity index (χ0) is 15.5. The van der Waals surface area contributed by atoms with Crippen molar-refractivity contribution in [3.63, 3.8) is 0 Å². The summed E-state index contributed by atoms with van der Waals surface area (Å²) in [5.41, 5.74) is 2.12. The normalized spacial score (nSPS) is 10.4. The molecule has 0 saturated carbocycles. The standard InChI is InChI=1S/C18H14O4/c19-16-10-3-1-6-12(16)14-8-5-9-15(18(14)22-21)13-7-2-4-11-17(13)20/h1-11,19-21H. The minimum absolute atomic E-state index is 0.0789. The smallest absolute Gasteiger partial charge is 0.180 e. The summed E-state index contributed by atoms with van der Waals surface area (Å²) >= 11 is 0. The Morgan fingerprint density at radius 2 is 0.955 bits per heavy atom. The molecule has 4 heteroatoms. The summed E-state index contributed by atoms with van der Waals surface area (Å²) in [6.45, 7) is 0. The third kappa shape index (κ3) is 2.36. The molecule has 3 rings (SSSR count). The SMILES string of the molecule is OOc1c(-c2ccccc2O)cccc1-c1ccccc1O. The van der Waals surface area contributed by atoms with Gasteiger partial charge in [-0.15, -0.1) is 0 Å². The van der Waals surface area contributed by atoms with Crippen LogP contribution in [0.4, 0.5) is 0 Å². The van der Waals surface area contributed by atoms with Crippen molar-refractivity contribution in [1.82, 2.24) is 0 Å². The number of benzene rings is 3. The molecule has 4 nitrogen and oxygen atoms in total. The number of phenolic OH excluding ortho intramolecular Hbond substituents is 2. The highest BCUT2D eigenvalue weighted by atomic mass is 17.1. The van der Waals surface area contributed by atoms with Gasteiger partial charge in [0.15, 0.2) is 5.75 Å². The zero-order valence-corrected chi connectivity index (χ0v) is 11.6. The summed E-state index contributed by atoms with van der Waals surface area (Å²) in [6.07, 6.45) is 0. The first-order valence-corrected chi connectivity index (χ1v) is 6.73. The van der Waals surface area contributed by atoms with E-state index in [0.717, 1.165) is 0 Å². The van der Waals surface area contributed by atoms with Crippen molar-refractivity contribution in [2.45, 2.75) is 0 Å². The summed E-state index contributed by atoms with van der Waals surface area (Å²) in [5, 5.41) is 29.4. The topological polar surface area (TPSA) is 69.9 Å². The van der Waals surface area contributed by atoms with Gasteiger partial charge in [-0.2, -0.15) is 0 Å². The van der Waals surface area contributed by atoms with Gasteiger partial charge in [0.2, 0.25) is 0 Å². The lowest BCUT2D eigenvalue weighted by molar-refractivity contribution is -0.136. The molecule has 0 aliphatic heterocycles. The molecular weight excluding hydrogens is 280 g/mol. The Bertz CT molecular complexity index is 748. The van der Waals surface area contributed by atoms with Crippen LogP contribution in [-0.4, -0.2) is 15.5 Å². The predicted octanol–water partition coefficient (Wildman–Crippen LogP) is 4.28. The second-order valence-electron chi connectivity index (χ2n) is 4.81. The van der Waals surface area contributed by atoms with Gasteiger partial charge < -0.3 is 15.1 Å². The molecule has 0 atom stereocenters. The molecule has 110 valence electrons. The molecule has 3 N–H and O–H groups in total. The van der Waals surface area contributed by atoms with Gasteiger partial charge in [-0.3, -0.25) is 0 Å². The molecule has 3 aromatic carbocycles. The van der Waals surface area contributed by atoms with Gasteiger partial charge in [-0.1, -0.05) is 54.6 Å². The first kappa shape index (κ1) is 14.0. The van der Waals surface area contributed by atoms with E-state index in [4.69, 9.17) is 0 Å². The van der Waals surface area contributed by atoms with Crippen molar-refractivity contribution >= 4 is 0 Å². The fourth-order valence-corrected chi connectivity index (χ4v) is 2.46. The average molecular weight is 294 g/mol. The summed E-state index contributed by atoms with van der Waals surface area (Å²) in [5.74, 6) is 0.330. The lowest BCUT2D eigenvalue weighted by Crippen LogP contribution is -1.93. The highest BCUT2D eigenvalue weighted by Crippen LogP contribution is 2.43. The van der Waals surface area contributed by atoms with Crippen LogP contribution in [0.3, 0.4) is 0 Å². The van der Waals surface area contributed by atoms with Crippen LogP contribution in [0.25, 0.3) is 22.3 Å². The maximum absolute atomic E-state index is 10.0. The van der Waals surface area contributed by atoms with Gasteiger partial charge in [0, 0.05) is 22.3 Å². The van der Waals surface area contributed by atoms with E-state index in [1.165, 1.54) is 0 Å². The minimum Gasteiger partial charge on any atom is -0.507 e. The Labute approximate surface area is 127 Å². The van der Waals surface area contributed by atoms with Gasteiger partial charge in [0.05, 0.1) is 0 Å².